The molecule has 0 amide bonds. The van der Waals surface area contributed by atoms with E-state index in [-0.39, 0.29) is 10.5 Å². The molecule has 0 saturated heterocycles. The fourth-order valence-electron chi connectivity index (χ4n) is 4.28. The molecule has 0 saturated carbocycles. The van der Waals surface area contributed by atoms with Gasteiger partial charge in [-0.25, -0.2) is 8.42 Å². The monoisotopic (exact) mass is 480 g/mol. The molecule has 0 radical (unpaired) electrons. The Hall–Kier alpha value is 0.220. The van der Waals surface area contributed by atoms with E-state index in [0.29, 0.717) is 12.8 Å². The van der Waals surface area contributed by atoms with Crippen LogP contribution in [0.5, 0.6) is 0 Å². The number of unbranched alkanes of at least 4 members (excludes halogenated alkanes) is 14. The fourth-order valence-corrected chi connectivity index (χ4v) is 5.75. The molecule has 31 heavy (non-hydrogen) atoms. The molecular formula is C25H52O4S2. The Labute approximate surface area is 198 Å². The predicted octanol–water partition coefficient (Wildman–Crippen LogP) is 8.40. The predicted molar refractivity (Wildman–Crippen MR) is 137 cm³/mol. The standard InChI is InChI=1S/C25H52O4S2/c1-3-5-7-9-11-13-15-17-20-24(30(26)27)22-19-23-25(31(28)29)21-18-16-14-12-10-8-6-4-2/h24-25H,3-23H2,1-2H3,(H,26,27)(H,28,29). The Morgan fingerprint density at radius 3 is 1.00 bits per heavy atom. The van der Waals surface area contributed by atoms with E-state index in [2.05, 4.69) is 13.8 Å². The highest BCUT2D eigenvalue weighted by Crippen LogP contribution is 2.20. The van der Waals surface area contributed by atoms with Gasteiger partial charge in [-0.15, -0.1) is 0 Å². The highest BCUT2D eigenvalue weighted by molar-refractivity contribution is 7.80. The van der Waals surface area contributed by atoms with E-state index in [1.165, 1.54) is 77.0 Å². The summed E-state index contributed by atoms with van der Waals surface area (Å²) in [6, 6.07) is 0. The summed E-state index contributed by atoms with van der Waals surface area (Å²) >= 11 is -3.58. The van der Waals surface area contributed by atoms with Crippen LogP contribution in [0.2, 0.25) is 0 Å². The van der Waals surface area contributed by atoms with Gasteiger partial charge in [0, 0.05) is 0 Å². The van der Waals surface area contributed by atoms with Gasteiger partial charge in [-0.05, 0) is 25.7 Å². The summed E-state index contributed by atoms with van der Waals surface area (Å²) in [5, 5.41) is -0.369. The van der Waals surface area contributed by atoms with Crippen LogP contribution >= 0.6 is 0 Å². The van der Waals surface area contributed by atoms with E-state index >= 15 is 0 Å². The lowest BCUT2D eigenvalue weighted by Crippen LogP contribution is -2.18. The minimum atomic E-state index is -1.79. The molecule has 4 nitrogen and oxygen atoms in total. The van der Waals surface area contributed by atoms with Crippen LogP contribution in [0.1, 0.15) is 149 Å². The molecule has 0 aliphatic rings. The first-order chi connectivity index (χ1) is 15.0. The molecule has 0 rings (SSSR count). The first kappa shape index (κ1) is 31.2. The molecule has 0 spiro atoms. The van der Waals surface area contributed by atoms with Gasteiger partial charge in [0.25, 0.3) is 0 Å². The molecule has 4 atom stereocenters. The molecule has 0 aliphatic carbocycles. The van der Waals surface area contributed by atoms with Gasteiger partial charge in [-0.3, -0.25) is 0 Å². The maximum Gasteiger partial charge on any atom is 0.155 e. The zero-order valence-corrected chi connectivity index (χ0v) is 22.2. The molecule has 0 heterocycles. The highest BCUT2D eigenvalue weighted by atomic mass is 32.2. The van der Waals surface area contributed by atoms with Crippen LogP contribution < -0.4 is 0 Å². The van der Waals surface area contributed by atoms with Crippen molar-refractivity contribution in [1.82, 2.24) is 0 Å². The van der Waals surface area contributed by atoms with E-state index in [9.17, 15) is 17.5 Å². The second-order valence-corrected chi connectivity index (χ2v) is 11.7. The Bertz CT molecular complexity index is 394. The first-order valence-electron chi connectivity index (χ1n) is 13.2. The van der Waals surface area contributed by atoms with Crippen LogP contribution in [-0.2, 0) is 22.2 Å². The van der Waals surface area contributed by atoms with E-state index < -0.39 is 22.2 Å². The number of hydrogen-bond donors (Lipinski definition) is 2. The summed E-state index contributed by atoms with van der Waals surface area (Å²) in [7, 11) is 0. The van der Waals surface area contributed by atoms with E-state index in [1.807, 2.05) is 0 Å². The molecule has 4 unspecified atom stereocenters. The van der Waals surface area contributed by atoms with Gasteiger partial charge >= 0.3 is 0 Å². The van der Waals surface area contributed by atoms with Crippen LogP contribution in [0, 0.1) is 0 Å². The Balaban J connectivity index is 3.92. The largest absolute Gasteiger partial charge is 0.306 e. The van der Waals surface area contributed by atoms with E-state index in [4.69, 9.17) is 0 Å². The van der Waals surface area contributed by atoms with Crippen LogP contribution in [0.4, 0.5) is 0 Å². The number of hydrogen-bond acceptors (Lipinski definition) is 2. The molecule has 6 heteroatoms. The van der Waals surface area contributed by atoms with Crippen LogP contribution in [0.25, 0.3) is 0 Å². The molecule has 0 fully saturated rings. The maximum atomic E-state index is 11.7. The highest BCUT2D eigenvalue weighted by Gasteiger charge is 2.18. The quantitative estimate of drug-likeness (QED) is 0.107. The minimum Gasteiger partial charge on any atom is -0.306 e. The van der Waals surface area contributed by atoms with Gasteiger partial charge in [-0.2, -0.15) is 0 Å². The third kappa shape index (κ3) is 20.6. The molecule has 0 aromatic carbocycles. The van der Waals surface area contributed by atoms with E-state index in [0.717, 1.165) is 44.9 Å². The van der Waals surface area contributed by atoms with Gasteiger partial charge < -0.3 is 9.11 Å². The summed E-state index contributed by atoms with van der Waals surface area (Å²) < 4.78 is 42.6. The van der Waals surface area contributed by atoms with E-state index in [1.54, 1.807) is 0 Å². The Kier molecular flexibility index (Phi) is 23.5. The second-order valence-electron chi connectivity index (χ2n) is 9.25. The lowest BCUT2D eigenvalue weighted by atomic mass is 10.0. The minimum absolute atomic E-state index is 0.184. The van der Waals surface area contributed by atoms with Gasteiger partial charge in [-0.1, -0.05) is 123 Å². The van der Waals surface area contributed by atoms with Crippen molar-refractivity contribution in [2.75, 3.05) is 0 Å². The van der Waals surface area contributed by atoms with Crippen molar-refractivity contribution in [2.24, 2.45) is 0 Å². The molecule has 2 N–H and O–H groups in total. The van der Waals surface area contributed by atoms with Gasteiger partial charge in [0.2, 0.25) is 0 Å². The van der Waals surface area contributed by atoms with Crippen molar-refractivity contribution in [3.63, 3.8) is 0 Å². The molecular weight excluding hydrogens is 428 g/mol. The summed E-state index contributed by atoms with van der Waals surface area (Å²) in [4.78, 5) is 0. The van der Waals surface area contributed by atoms with Crippen molar-refractivity contribution in [3.05, 3.63) is 0 Å². The van der Waals surface area contributed by atoms with Crippen LogP contribution in [0.3, 0.4) is 0 Å². The second kappa shape index (κ2) is 23.4. The SMILES string of the molecule is CCCCCCCCCCC(CCCC(CCCCCCCCCC)S(=O)O)S(=O)O. The van der Waals surface area contributed by atoms with Gasteiger partial charge in [0.1, 0.15) is 0 Å². The zero-order chi connectivity index (χ0) is 23.2. The average molecular weight is 481 g/mol. The van der Waals surface area contributed by atoms with Crippen LogP contribution in [-0.4, -0.2) is 28.0 Å². The topological polar surface area (TPSA) is 74.6 Å². The Morgan fingerprint density at radius 2 is 0.710 bits per heavy atom. The van der Waals surface area contributed by atoms with Crippen molar-refractivity contribution >= 4 is 22.2 Å². The maximum absolute atomic E-state index is 11.7. The van der Waals surface area contributed by atoms with Crippen molar-refractivity contribution < 1.29 is 17.5 Å². The molecule has 188 valence electrons. The molecule has 0 aromatic rings. The molecule has 0 bridgehead atoms. The summed E-state index contributed by atoms with van der Waals surface area (Å²) in [6.45, 7) is 4.46. The lowest BCUT2D eigenvalue weighted by molar-refractivity contribution is 0.482. The zero-order valence-electron chi connectivity index (χ0n) is 20.5. The van der Waals surface area contributed by atoms with Crippen LogP contribution in [0.15, 0.2) is 0 Å². The summed E-state index contributed by atoms with van der Waals surface area (Å²) in [5.74, 6) is 0. The van der Waals surface area contributed by atoms with Crippen molar-refractivity contribution in [3.8, 4) is 0 Å². The smallest absolute Gasteiger partial charge is 0.155 e. The average Bonchev–Trinajstić information content (AvgIpc) is 2.74. The third-order valence-corrected chi connectivity index (χ3v) is 8.47. The molecule has 0 aromatic heterocycles. The lowest BCUT2D eigenvalue weighted by Gasteiger charge is -2.16. The summed E-state index contributed by atoms with van der Waals surface area (Å²) in [5.41, 5.74) is 0. The fraction of sp³-hybridized carbons (Fsp3) is 1.00. The van der Waals surface area contributed by atoms with Crippen molar-refractivity contribution in [2.45, 2.75) is 159 Å². The number of rotatable bonds is 24. The van der Waals surface area contributed by atoms with Gasteiger partial charge in [0.05, 0.1) is 10.5 Å². The summed E-state index contributed by atoms with van der Waals surface area (Å²) in [6.07, 6.45) is 23.5. The van der Waals surface area contributed by atoms with Gasteiger partial charge in [0.15, 0.2) is 22.2 Å². The Morgan fingerprint density at radius 1 is 0.452 bits per heavy atom. The molecule has 0 aliphatic heterocycles. The first-order valence-corrected chi connectivity index (χ1v) is 15.6. The normalized spacial score (nSPS) is 15.6. The van der Waals surface area contributed by atoms with Crippen molar-refractivity contribution in [1.29, 1.82) is 0 Å². The third-order valence-electron chi connectivity index (χ3n) is 6.38.